The summed E-state index contributed by atoms with van der Waals surface area (Å²) in [7, 11) is -3.60. The van der Waals surface area contributed by atoms with E-state index in [1.807, 2.05) is 18.2 Å². The first-order chi connectivity index (χ1) is 12.1. The summed E-state index contributed by atoms with van der Waals surface area (Å²) in [6.45, 7) is 0.541. The standard InChI is InChI=1S/C18H22N2O3S2/c21-18(19-12-5-4-8-14-6-2-1-3-7-14)17-16(11-13-24-17)25(22,23)20-15-9-10-15/h1-3,6-7,11,13,15,20H,4-5,8-10,12H2,(H,19,21). The summed E-state index contributed by atoms with van der Waals surface area (Å²) in [5.74, 6) is -0.314. The van der Waals surface area contributed by atoms with Crippen LogP contribution in [0.1, 0.15) is 40.9 Å². The van der Waals surface area contributed by atoms with Crippen molar-refractivity contribution < 1.29 is 13.2 Å². The van der Waals surface area contributed by atoms with Crippen molar-refractivity contribution >= 4 is 27.3 Å². The average molecular weight is 379 g/mol. The summed E-state index contributed by atoms with van der Waals surface area (Å²) < 4.78 is 27.3. The van der Waals surface area contributed by atoms with Crippen LogP contribution in [0.3, 0.4) is 0 Å². The Labute approximate surface area is 152 Å². The van der Waals surface area contributed by atoms with E-state index in [4.69, 9.17) is 0 Å². The number of hydrogen-bond donors (Lipinski definition) is 2. The van der Waals surface area contributed by atoms with Gasteiger partial charge in [0.05, 0.1) is 0 Å². The number of sulfonamides is 1. The predicted octanol–water partition coefficient (Wildman–Crippen LogP) is 2.94. The molecule has 0 atom stereocenters. The van der Waals surface area contributed by atoms with Gasteiger partial charge in [-0.3, -0.25) is 4.79 Å². The number of unbranched alkanes of at least 4 members (excludes halogenated alkanes) is 1. The number of hydrogen-bond acceptors (Lipinski definition) is 4. The van der Waals surface area contributed by atoms with Gasteiger partial charge in [0, 0.05) is 12.6 Å². The van der Waals surface area contributed by atoms with Gasteiger partial charge >= 0.3 is 0 Å². The fraction of sp³-hybridized carbons (Fsp3) is 0.389. The number of rotatable bonds is 9. The van der Waals surface area contributed by atoms with Gasteiger partial charge in [-0.15, -0.1) is 11.3 Å². The molecule has 0 bridgehead atoms. The molecule has 0 aliphatic heterocycles. The summed E-state index contributed by atoms with van der Waals surface area (Å²) in [5, 5.41) is 4.48. The largest absolute Gasteiger partial charge is 0.351 e. The van der Waals surface area contributed by atoms with Gasteiger partial charge in [-0.2, -0.15) is 0 Å². The molecule has 0 spiro atoms. The van der Waals surface area contributed by atoms with E-state index < -0.39 is 10.0 Å². The van der Waals surface area contributed by atoms with Gasteiger partial charge in [-0.05, 0) is 49.1 Å². The predicted molar refractivity (Wildman–Crippen MR) is 99.4 cm³/mol. The van der Waals surface area contributed by atoms with E-state index in [1.165, 1.54) is 11.6 Å². The number of amides is 1. The molecule has 1 amide bonds. The normalized spacial score (nSPS) is 14.4. The van der Waals surface area contributed by atoms with E-state index in [0.717, 1.165) is 43.4 Å². The Kier molecular flexibility index (Phi) is 5.88. The average Bonchev–Trinajstić information content (AvgIpc) is 3.25. The van der Waals surface area contributed by atoms with Crippen molar-refractivity contribution in [3.05, 3.63) is 52.2 Å². The topological polar surface area (TPSA) is 75.3 Å². The highest BCUT2D eigenvalue weighted by Gasteiger charge is 2.31. The molecule has 2 N–H and O–H groups in total. The van der Waals surface area contributed by atoms with Gasteiger partial charge in [0.25, 0.3) is 5.91 Å². The Morgan fingerprint density at radius 3 is 2.60 bits per heavy atom. The van der Waals surface area contributed by atoms with Gasteiger partial charge in [0.1, 0.15) is 9.77 Å². The van der Waals surface area contributed by atoms with Crippen molar-refractivity contribution in [3.63, 3.8) is 0 Å². The van der Waals surface area contributed by atoms with E-state index in [9.17, 15) is 13.2 Å². The first-order valence-corrected chi connectivity index (χ1v) is 10.8. The second-order valence-corrected chi connectivity index (χ2v) is 8.81. The van der Waals surface area contributed by atoms with Crippen LogP contribution < -0.4 is 10.0 Å². The molecule has 25 heavy (non-hydrogen) atoms. The quantitative estimate of drug-likeness (QED) is 0.659. The van der Waals surface area contributed by atoms with Gasteiger partial charge in [0.15, 0.2) is 0 Å². The minimum absolute atomic E-state index is 0.0267. The van der Waals surface area contributed by atoms with Crippen molar-refractivity contribution in [2.24, 2.45) is 0 Å². The van der Waals surface area contributed by atoms with Crippen molar-refractivity contribution in [1.29, 1.82) is 0 Å². The van der Waals surface area contributed by atoms with Crippen LogP contribution in [0.4, 0.5) is 0 Å². The number of aryl methyl sites for hydroxylation is 1. The molecule has 0 saturated heterocycles. The molecule has 5 nitrogen and oxygen atoms in total. The van der Waals surface area contributed by atoms with Crippen molar-refractivity contribution in [2.75, 3.05) is 6.54 Å². The number of carbonyl (C=O) groups is 1. The Bertz CT molecular complexity index is 812. The SMILES string of the molecule is O=C(NCCCCc1ccccc1)c1sccc1S(=O)(=O)NC1CC1. The van der Waals surface area contributed by atoms with Crippen molar-refractivity contribution in [1.82, 2.24) is 10.0 Å². The van der Waals surface area contributed by atoms with Crippen molar-refractivity contribution in [3.8, 4) is 0 Å². The lowest BCUT2D eigenvalue weighted by Gasteiger charge is -2.08. The zero-order chi connectivity index (χ0) is 17.7. The number of carbonyl (C=O) groups excluding carboxylic acids is 1. The molecular formula is C18H22N2O3S2. The Hall–Kier alpha value is -1.70. The summed E-state index contributed by atoms with van der Waals surface area (Å²) in [6.07, 6.45) is 4.54. The highest BCUT2D eigenvalue weighted by atomic mass is 32.2. The second kappa shape index (κ2) is 8.12. The van der Waals surface area contributed by atoms with Gasteiger partial charge in [-0.25, -0.2) is 13.1 Å². The molecule has 134 valence electrons. The molecule has 2 aromatic rings. The molecule has 1 aliphatic rings. The molecule has 1 aromatic heterocycles. The third kappa shape index (κ3) is 5.14. The second-order valence-electron chi connectivity index (χ2n) is 6.21. The summed E-state index contributed by atoms with van der Waals surface area (Å²) >= 11 is 1.16. The van der Waals surface area contributed by atoms with Crippen LogP contribution in [0, 0.1) is 0 Å². The lowest BCUT2D eigenvalue weighted by atomic mass is 10.1. The smallest absolute Gasteiger partial charge is 0.262 e. The van der Waals surface area contributed by atoms with Crippen LogP contribution in [0.15, 0.2) is 46.7 Å². The lowest BCUT2D eigenvalue weighted by Crippen LogP contribution is -2.29. The molecular weight excluding hydrogens is 356 g/mol. The van der Waals surface area contributed by atoms with Gasteiger partial charge < -0.3 is 5.32 Å². The molecule has 0 unspecified atom stereocenters. The number of thiophene rings is 1. The van der Waals surface area contributed by atoms with Crippen LogP contribution in [0.5, 0.6) is 0 Å². The van der Waals surface area contributed by atoms with E-state index in [1.54, 1.807) is 5.38 Å². The molecule has 3 rings (SSSR count). The molecule has 1 aliphatic carbocycles. The van der Waals surface area contributed by atoms with Crippen LogP contribution in [0.2, 0.25) is 0 Å². The third-order valence-corrected chi connectivity index (χ3v) is 6.65. The van der Waals surface area contributed by atoms with Crippen LogP contribution in [0.25, 0.3) is 0 Å². The highest BCUT2D eigenvalue weighted by Crippen LogP contribution is 2.26. The Balaban J connectivity index is 1.48. The van der Waals surface area contributed by atoms with E-state index >= 15 is 0 Å². The zero-order valence-corrected chi connectivity index (χ0v) is 15.5. The number of benzene rings is 1. The summed E-state index contributed by atoms with van der Waals surface area (Å²) in [5.41, 5.74) is 1.28. The maximum atomic E-state index is 12.3. The molecule has 1 heterocycles. The Morgan fingerprint density at radius 1 is 1.12 bits per heavy atom. The summed E-state index contributed by atoms with van der Waals surface area (Å²) in [4.78, 5) is 12.7. The highest BCUT2D eigenvalue weighted by molar-refractivity contribution is 7.89. The zero-order valence-electron chi connectivity index (χ0n) is 13.9. The summed E-state index contributed by atoms with van der Waals surface area (Å²) in [6, 6.07) is 11.7. The molecule has 0 radical (unpaired) electrons. The van der Waals surface area contributed by atoms with E-state index in [-0.39, 0.29) is 21.7 Å². The fourth-order valence-electron chi connectivity index (χ4n) is 2.54. The maximum absolute atomic E-state index is 12.3. The molecule has 1 fully saturated rings. The molecule has 1 aromatic carbocycles. The van der Waals surface area contributed by atoms with E-state index in [0.29, 0.717) is 6.54 Å². The van der Waals surface area contributed by atoms with Crippen LogP contribution >= 0.6 is 11.3 Å². The monoisotopic (exact) mass is 378 g/mol. The van der Waals surface area contributed by atoms with Gasteiger partial charge in [0.2, 0.25) is 10.0 Å². The number of nitrogens with one attached hydrogen (secondary N) is 2. The van der Waals surface area contributed by atoms with Gasteiger partial charge in [-0.1, -0.05) is 30.3 Å². The van der Waals surface area contributed by atoms with Crippen LogP contribution in [-0.4, -0.2) is 26.9 Å². The molecule has 7 heteroatoms. The lowest BCUT2D eigenvalue weighted by molar-refractivity contribution is 0.0954. The first-order valence-electron chi connectivity index (χ1n) is 8.48. The van der Waals surface area contributed by atoms with Crippen molar-refractivity contribution in [2.45, 2.75) is 43.0 Å². The minimum Gasteiger partial charge on any atom is -0.351 e. The first kappa shape index (κ1) is 18.1. The third-order valence-electron chi connectivity index (χ3n) is 4.04. The maximum Gasteiger partial charge on any atom is 0.262 e. The minimum atomic E-state index is -3.60. The molecule has 1 saturated carbocycles. The van der Waals surface area contributed by atoms with E-state index in [2.05, 4.69) is 22.2 Å². The fourth-order valence-corrected chi connectivity index (χ4v) is 5.19. The Morgan fingerprint density at radius 2 is 1.88 bits per heavy atom. The van der Waals surface area contributed by atoms with Crippen LogP contribution in [-0.2, 0) is 16.4 Å².